The number of nitrogens with one attached hydrogen (secondary N) is 1. The van der Waals surface area contributed by atoms with Gasteiger partial charge in [-0.15, -0.1) is 16.4 Å². The van der Waals surface area contributed by atoms with Crippen molar-refractivity contribution in [3.63, 3.8) is 0 Å². The lowest BCUT2D eigenvalue weighted by Gasteiger charge is -2.06. The molecule has 5 nitrogen and oxygen atoms in total. The van der Waals surface area contributed by atoms with E-state index in [4.69, 9.17) is 16.3 Å². The predicted molar refractivity (Wildman–Crippen MR) is 106 cm³/mol. The Hall–Kier alpha value is -2.09. The van der Waals surface area contributed by atoms with E-state index in [1.165, 1.54) is 16.6 Å². The second-order valence-electron chi connectivity index (χ2n) is 5.61. The molecule has 0 radical (unpaired) electrons. The fourth-order valence-corrected chi connectivity index (χ4v) is 4.33. The molecule has 132 valence electrons. The number of aromatic nitrogens is 4. The van der Waals surface area contributed by atoms with Gasteiger partial charge in [0, 0.05) is 34.1 Å². The average Bonchev–Trinajstić information content (AvgIpc) is 3.32. The number of hydrogen-bond donors (Lipinski definition) is 1. The zero-order valence-electron chi connectivity index (χ0n) is 13.9. The maximum atomic E-state index is 6.35. The first-order valence-electron chi connectivity index (χ1n) is 7.91. The first-order chi connectivity index (χ1) is 12.7. The monoisotopic (exact) mass is 402 g/mol. The number of aromatic amines is 1. The van der Waals surface area contributed by atoms with Crippen molar-refractivity contribution in [2.24, 2.45) is 0 Å². The van der Waals surface area contributed by atoms with Gasteiger partial charge in [0.05, 0.1) is 12.6 Å². The van der Waals surface area contributed by atoms with E-state index in [1.54, 1.807) is 18.4 Å². The Labute approximate surface area is 163 Å². The molecule has 0 aliphatic rings. The molecule has 0 amide bonds. The molecule has 26 heavy (non-hydrogen) atoms. The maximum Gasteiger partial charge on any atom is 0.208 e. The van der Waals surface area contributed by atoms with Gasteiger partial charge < -0.3 is 4.74 Å². The van der Waals surface area contributed by atoms with Crippen LogP contribution in [-0.2, 0) is 12.2 Å². The van der Waals surface area contributed by atoms with E-state index in [9.17, 15) is 0 Å². The van der Waals surface area contributed by atoms with E-state index >= 15 is 0 Å². The van der Waals surface area contributed by atoms with Crippen LogP contribution in [0.4, 0.5) is 0 Å². The molecule has 1 aromatic carbocycles. The first kappa shape index (κ1) is 17.3. The molecule has 0 spiro atoms. The highest BCUT2D eigenvalue weighted by Crippen LogP contribution is 2.28. The Bertz CT molecular complexity index is 1030. The Morgan fingerprint density at radius 3 is 2.96 bits per heavy atom. The molecule has 0 bridgehead atoms. The van der Waals surface area contributed by atoms with Gasteiger partial charge in [-0.2, -0.15) is 0 Å². The number of fused-ring (bicyclic) bond motifs is 1. The lowest BCUT2D eigenvalue weighted by Crippen LogP contribution is -1.91. The predicted octanol–water partition coefficient (Wildman–Crippen LogP) is 4.96. The highest BCUT2D eigenvalue weighted by molar-refractivity contribution is 7.98. The van der Waals surface area contributed by atoms with Crippen LogP contribution in [0, 0.1) is 0 Å². The van der Waals surface area contributed by atoms with Crippen molar-refractivity contribution in [2.75, 3.05) is 7.11 Å². The number of rotatable bonds is 6. The van der Waals surface area contributed by atoms with Crippen LogP contribution in [0.1, 0.15) is 16.3 Å². The van der Waals surface area contributed by atoms with E-state index in [2.05, 4.69) is 37.7 Å². The second-order valence-corrected chi connectivity index (χ2v) is 7.94. The van der Waals surface area contributed by atoms with Crippen LogP contribution < -0.4 is 4.74 Å². The molecule has 0 unspecified atom stereocenters. The largest absolute Gasteiger partial charge is 0.497 e. The van der Waals surface area contributed by atoms with E-state index in [1.807, 2.05) is 24.3 Å². The minimum Gasteiger partial charge on any atom is -0.497 e. The zero-order valence-corrected chi connectivity index (χ0v) is 16.3. The summed E-state index contributed by atoms with van der Waals surface area (Å²) in [7, 11) is 1.64. The summed E-state index contributed by atoms with van der Waals surface area (Å²) < 4.78 is 5.23. The van der Waals surface area contributed by atoms with Crippen LogP contribution in [0.2, 0.25) is 5.15 Å². The smallest absolute Gasteiger partial charge is 0.208 e. The van der Waals surface area contributed by atoms with Gasteiger partial charge in [0.15, 0.2) is 0 Å². The first-order valence-corrected chi connectivity index (χ1v) is 10.2. The van der Waals surface area contributed by atoms with Crippen molar-refractivity contribution in [1.82, 2.24) is 20.2 Å². The summed E-state index contributed by atoms with van der Waals surface area (Å²) in [6.45, 7) is 0. The van der Waals surface area contributed by atoms with Gasteiger partial charge in [-0.1, -0.05) is 29.4 Å². The molecular formula is C18H15ClN4OS2. The third-order valence-electron chi connectivity index (χ3n) is 3.84. The van der Waals surface area contributed by atoms with E-state index in [-0.39, 0.29) is 0 Å². The van der Waals surface area contributed by atoms with Gasteiger partial charge in [0.1, 0.15) is 16.7 Å². The summed E-state index contributed by atoms with van der Waals surface area (Å²) in [5.41, 5.74) is 1.78. The summed E-state index contributed by atoms with van der Waals surface area (Å²) in [5, 5.41) is 11.6. The van der Waals surface area contributed by atoms with E-state index < -0.39 is 0 Å². The van der Waals surface area contributed by atoms with Crippen molar-refractivity contribution in [1.29, 1.82) is 0 Å². The molecule has 4 aromatic rings. The lowest BCUT2D eigenvalue weighted by molar-refractivity contribution is 0.415. The van der Waals surface area contributed by atoms with Crippen LogP contribution in [-0.4, -0.2) is 27.3 Å². The normalized spacial score (nSPS) is 11.2. The number of pyridine rings is 1. The number of H-pyrrole nitrogens is 1. The van der Waals surface area contributed by atoms with Crippen molar-refractivity contribution in [3.8, 4) is 5.75 Å². The quantitative estimate of drug-likeness (QED) is 0.365. The van der Waals surface area contributed by atoms with Crippen LogP contribution in [0.5, 0.6) is 5.75 Å². The molecule has 1 N–H and O–H groups in total. The zero-order chi connectivity index (χ0) is 17.9. The van der Waals surface area contributed by atoms with Gasteiger partial charge in [-0.3, -0.25) is 5.10 Å². The summed E-state index contributed by atoms with van der Waals surface area (Å²) in [6.07, 6.45) is 0.769. The number of thioether (sulfide) groups is 1. The Balaban J connectivity index is 1.47. The number of halogens is 1. The Morgan fingerprint density at radius 2 is 2.15 bits per heavy atom. The van der Waals surface area contributed by atoms with Crippen LogP contribution >= 0.6 is 34.7 Å². The summed E-state index contributed by atoms with van der Waals surface area (Å²) >= 11 is 9.60. The highest BCUT2D eigenvalue weighted by atomic mass is 35.5. The molecule has 0 saturated heterocycles. The minimum absolute atomic E-state index is 0.493. The van der Waals surface area contributed by atoms with E-state index in [0.29, 0.717) is 16.1 Å². The van der Waals surface area contributed by atoms with Crippen molar-refractivity contribution >= 4 is 45.6 Å². The average molecular weight is 403 g/mol. The third-order valence-corrected chi connectivity index (χ3v) is 5.94. The number of thiophene rings is 1. The number of hydrogen-bond acceptors (Lipinski definition) is 6. The molecule has 0 saturated carbocycles. The van der Waals surface area contributed by atoms with Gasteiger partial charge in [0.25, 0.3) is 0 Å². The Kier molecular flexibility index (Phi) is 5.10. The number of benzene rings is 1. The second kappa shape index (κ2) is 7.65. The number of methoxy groups -OCH3 is 1. The third kappa shape index (κ3) is 3.85. The summed E-state index contributed by atoms with van der Waals surface area (Å²) in [5.74, 6) is 2.29. The van der Waals surface area contributed by atoms with Crippen LogP contribution in [0.25, 0.3) is 10.9 Å². The highest BCUT2D eigenvalue weighted by Gasteiger charge is 2.10. The standard InChI is InChI=1S/C18H15ClN4OS2/c1-24-13-5-4-11-7-12(17(19)20-15(11)8-13)10-26-18-21-16(22-23-18)9-14-3-2-6-25-14/h2-8H,9-10H2,1H3,(H,21,22,23). The van der Waals surface area contributed by atoms with Gasteiger partial charge in [0.2, 0.25) is 5.16 Å². The van der Waals surface area contributed by atoms with Crippen molar-refractivity contribution in [2.45, 2.75) is 17.3 Å². The fourth-order valence-electron chi connectivity index (χ4n) is 2.54. The van der Waals surface area contributed by atoms with E-state index in [0.717, 1.165) is 34.5 Å². The number of nitrogens with zero attached hydrogens (tertiary/aromatic N) is 3. The topological polar surface area (TPSA) is 63.7 Å². The molecule has 3 aromatic heterocycles. The minimum atomic E-state index is 0.493. The van der Waals surface area contributed by atoms with Crippen LogP contribution in [0.3, 0.4) is 0 Å². The molecule has 8 heteroatoms. The molecule has 0 atom stereocenters. The van der Waals surface area contributed by atoms with Gasteiger partial charge in [-0.25, -0.2) is 9.97 Å². The molecule has 4 rings (SSSR count). The maximum absolute atomic E-state index is 6.35. The lowest BCUT2D eigenvalue weighted by atomic mass is 10.1. The van der Waals surface area contributed by atoms with Crippen molar-refractivity contribution in [3.05, 3.63) is 63.2 Å². The van der Waals surface area contributed by atoms with Crippen LogP contribution in [0.15, 0.2) is 46.9 Å². The summed E-state index contributed by atoms with van der Waals surface area (Å²) in [4.78, 5) is 10.3. The number of ether oxygens (including phenoxy) is 1. The Morgan fingerprint density at radius 1 is 1.23 bits per heavy atom. The molecular weight excluding hydrogens is 388 g/mol. The molecule has 0 fully saturated rings. The van der Waals surface area contributed by atoms with Gasteiger partial charge in [-0.05, 0) is 29.6 Å². The molecule has 0 aliphatic heterocycles. The molecule has 3 heterocycles. The fraction of sp³-hybridized carbons (Fsp3) is 0.167. The summed E-state index contributed by atoms with van der Waals surface area (Å²) in [6, 6.07) is 12.0. The SMILES string of the molecule is COc1ccc2cc(CSc3n[nH]c(Cc4cccs4)n3)c(Cl)nc2c1. The molecule has 0 aliphatic carbocycles. The van der Waals surface area contributed by atoms with Gasteiger partial charge >= 0.3 is 0 Å². The van der Waals surface area contributed by atoms with Crippen molar-refractivity contribution < 1.29 is 4.74 Å².